The van der Waals surface area contributed by atoms with Crippen LogP contribution in [0.2, 0.25) is 0 Å². The number of carbonyl (C=O) groups excluding carboxylic acids is 1. The maximum atomic E-state index is 13.5. The number of urea groups is 1. The quantitative estimate of drug-likeness (QED) is 0.826. The molecule has 0 bridgehead atoms. The van der Waals surface area contributed by atoms with Crippen molar-refractivity contribution in [2.45, 2.75) is 6.54 Å². The van der Waals surface area contributed by atoms with E-state index in [1.807, 2.05) is 17.5 Å². The first-order valence-corrected chi connectivity index (χ1v) is 7.02. The van der Waals surface area contributed by atoms with Gasteiger partial charge in [0.05, 0.1) is 12.2 Å². The third-order valence-electron chi connectivity index (χ3n) is 2.68. The summed E-state index contributed by atoms with van der Waals surface area (Å²) in [6, 6.07) is 9.65. The Hall–Kier alpha value is -2.14. The molecule has 1 aromatic heterocycles. The van der Waals surface area contributed by atoms with Gasteiger partial charge in [0.15, 0.2) is 0 Å². The molecule has 5 heteroatoms. The number of hydrogen-bond donors (Lipinski definition) is 1. The lowest BCUT2D eigenvalue weighted by Gasteiger charge is -2.21. The minimum absolute atomic E-state index is 0.178. The molecular weight excluding hydrogens is 275 g/mol. The normalized spacial score (nSPS) is 10.1. The molecule has 0 spiro atoms. The molecule has 0 atom stereocenters. The van der Waals surface area contributed by atoms with Crippen LogP contribution in [0.1, 0.15) is 4.88 Å². The summed E-state index contributed by atoms with van der Waals surface area (Å²) in [5.41, 5.74) is 0.178. The van der Waals surface area contributed by atoms with Gasteiger partial charge in [-0.2, -0.15) is 0 Å². The molecule has 0 aliphatic heterocycles. The van der Waals surface area contributed by atoms with Gasteiger partial charge < -0.3 is 10.2 Å². The highest BCUT2D eigenvalue weighted by Crippen LogP contribution is 2.16. The molecule has 0 aliphatic rings. The molecule has 1 heterocycles. The Kier molecular flexibility index (Phi) is 4.90. The molecule has 0 radical (unpaired) electrons. The number of carbonyl (C=O) groups is 1. The topological polar surface area (TPSA) is 32.3 Å². The SMILES string of the molecule is C=CCN(Cc1cccs1)C(=O)Nc1ccccc1F. The summed E-state index contributed by atoms with van der Waals surface area (Å²) in [4.78, 5) is 14.8. The van der Waals surface area contributed by atoms with Crippen LogP contribution in [0, 0.1) is 5.82 Å². The molecular formula is C15H15FN2OS. The fourth-order valence-electron chi connectivity index (χ4n) is 1.72. The molecule has 3 nitrogen and oxygen atoms in total. The van der Waals surface area contributed by atoms with Crippen LogP contribution < -0.4 is 5.32 Å². The number of halogens is 1. The predicted molar refractivity (Wildman–Crippen MR) is 80.3 cm³/mol. The highest BCUT2D eigenvalue weighted by Gasteiger charge is 2.14. The lowest BCUT2D eigenvalue weighted by Crippen LogP contribution is -2.34. The predicted octanol–water partition coefficient (Wildman–Crippen LogP) is 4.11. The minimum atomic E-state index is -0.449. The highest BCUT2D eigenvalue weighted by atomic mass is 32.1. The molecule has 1 N–H and O–H groups in total. The standard InChI is InChI=1S/C15H15FN2OS/c1-2-9-18(11-12-6-5-10-20-12)15(19)17-14-8-4-3-7-13(14)16/h2-8,10H,1,9,11H2,(H,17,19). The summed E-state index contributed by atoms with van der Waals surface area (Å²) in [5, 5.41) is 4.53. The van der Waals surface area contributed by atoms with Gasteiger partial charge in [-0.25, -0.2) is 9.18 Å². The molecule has 0 fully saturated rings. The van der Waals surface area contributed by atoms with E-state index < -0.39 is 5.82 Å². The van der Waals surface area contributed by atoms with Gasteiger partial charge in [0.2, 0.25) is 0 Å². The monoisotopic (exact) mass is 290 g/mol. The van der Waals surface area contributed by atoms with Gasteiger partial charge in [-0.05, 0) is 23.6 Å². The van der Waals surface area contributed by atoms with Gasteiger partial charge in [-0.3, -0.25) is 0 Å². The third kappa shape index (κ3) is 3.68. The van der Waals surface area contributed by atoms with Crippen molar-refractivity contribution in [1.82, 2.24) is 4.90 Å². The van der Waals surface area contributed by atoms with E-state index >= 15 is 0 Å². The molecule has 2 rings (SSSR count). The number of anilines is 1. The van der Waals surface area contributed by atoms with E-state index in [2.05, 4.69) is 11.9 Å². The molecule has 0 aliphatic carbocycles. The van der Waals surface area contributed by atoms with Crippen LogP contribution in [0.3, 0.4) is 0 Å². The minimum Gasteiger partial charge on any atom is -0.316 e. The molecule has 20 heavy (non-hydrogen) atoms. The first kappa shape index (κ1) is 14.3. The summed E-state index contributed by atoms with van der Waals surface area (Å²) in [6.07, 6.45) is 1.65. The van der Waals surface area contributed by atoms with Gasteiger partial charge in [0.1, 0.15) is 5.82 Å². The highest BCUT2D eigenvalue weighted by molar-refractivity contribution is 7.09. The lowest BCUT2D eigenvalue weighted by molar-refractivity contribution is 0.215. The summed E-state index contributed by atoms with van der Waals surface area (Å²) in [5.74, 6) is -0.449. The van der Waals surface area contributed by atoms with Crippen molar-refractivity contribution in [3.63, 3.8) is 0 Å². The van der Waals surface area contributed by atoms with E-state index in [9.17, 15) is 9.18 Å². The second kappa shape index (κ2) is 6.86. The van der Waals surface area contributed by atoms with Crippen molar-refractivity contribution in [2.24, 2.45) is 0 Å². The Morgan fingerprint density at radius 3 is 2.80 bits per heavy atom. The molecule has 104 valence electrons. The van der Waals surface area contributed by atoms with Gasteiger partial charge >= 0.3 is 6.03 Å². The molecule has 0 saturated heterocycles. The van der Waals surface area contributed by atoms with E-state index in [-0.39, 0.29) is 11.7 Å². The number of amides is 2. The lowest BCUT2D eigenvalue weighted by atomic mass is 10.3. The summed E-state index contributed by atoms with van der Waals surface area (Å²) in [7, 11) is 0. The molecule has 0 saturated carbocycles. The van der Waals surface area contributed by atoms with Crippen molar-refractivity contribution >= 4 is 23.1 Å². The van der Waals surface area contributed by atoms with E-state index in [1.165, 1.54) is 12.1 Å². The van der Waals surface area contributed by atoms with Crippen LogP contribution in [0.4, 0.5) is 14.9 Å². The number of nitrogens with zero attached hydrogens (tertiary/aromatic N) is 1. The van der Waals surface area contributed by atoms with Crippen molar-refractivity contribution in [2.75, 3.05) is 11.9 Å². The maximum Gasteiger partial charge on any atom is 0.322 e. The Morgan fingerprint density at radius 1 is 1.35 bits per heavy atom. The number of para-hydroxylation sites is 1. The van der Waals surface area contributed by atoms with Crippen molar-refractivity contribution in [3.05, 3.63) is 65.1 Å². The van der Waals surface area contributed by atoms with Gasteiger partial charge in [0.25, 0.3) is 0 Å². The third-order valence-corrected chi connectivity index (χ3v) is 3.54. The van der Waals surface area contributed by atoms with Crippen LogP contribution in [0.15, 0.2) is 54.4 Å². The number of thiophene rings is 1. The van der Waals surface area contributed by atoms with Crippen LogP contribution in [-0.2, 0) is 6.54 Å². The summed E-state index contributed by atoms with van der Waals surface area (Å²) >= 11 is 1.57. The van der Waals surface area contributed by atoms with Crippen LogP contribution in [0.5, 0.6) is 0 Å². The fraction of sp³-hybridized carbons (Fsp3) is 0.133. The zero-order chi connectivity index (χ0) is 14.4. The van der Waals surface area contributed by atoms with Crippen molar-refractivity contribution in [1.29, 1.82) is 0 Å². The smallest absolute Gasteiger partial charge is 0.316 e. The molecule has 1 aromatic carbocycles. The zero-order valence-electron chi connectivity index (χ0n) is 10.9. The Labute approximate surface area is 121 Å². The van der Waals surface area contributed by atoms with Crippen molar-refractivity contribution < 1.29 is 9.18 Å². The fourth-order valence-corrected chi connectivity index (χ4v) is 2.44. The second-order valence-corrected chi connectivity index (χ2v) is 5.19. The van der Waals surface area contributed by atoms with Gasteiger partial charge in [-0.1, -0.05) is 24.3 Å². The number of nitrogens with one attached hydrogen (secondary N) is 1. The molecule has 2 aromatic rings. The molecule has 0 unspecified atom stereocenters. The summed E-state index contributed by atoms with van der Waals surface area (Å²) in [6.45, 7) is 4.52. The van der Waals surface area contributed by atoms with E-state index in [0.717, 1.165) is 4.88 Å². The maximum absolute atomic E-state index is 13.5. The average Bonchev–Trinajstić information content (AvgIpc) is 2.94. The van der Waals surface area contributed by atoms with E-state index in [0.29, 0.717) is 13.1 Å². The summed E-state index contributed by atoms with van der Waals surface area (Å²) < 4.78 is 13.5. The number of hydrogen-bond acceptors (Lipinski definition) is 2. The van der Waals surface area contributed by atoms with Crippen LogP contribution in [0.25, 0.3) is 0 Å². The van der Waals surface area contributed by atoms with Gasteiger partial charge in [-0.15, -0.1) is 17.9 Å². The Bertz CT molecular complexity index is 583. The first-order chi connectivity index (χ1) is 9.70. The Balaban J connectivity index is 2.07. The first-order valence-electron chi connectivity index (χ1n) is 6.14. The largest absolute Gasteiger partial charge is 0.322 e. The Morgan fingerprint density at radius 2 is 2.15 bits per heavy atom. The van der Waals surface area contributed by atoms with Crippen LogP contribution >= 0.6 is 11.3 Å². The average molecular weight is 290 g/mol. The van der Waals surface area contributed by atoms with Gasteiger partial charge in [0, 0.05) is 11.4 Å². The number of benzene rings is 1. The van der Waals surface area contributed by atoms with E-state index in [1.54, 1.807) is 34.4 Å². The zero-order valence-corrected chi connectivity index (χ0v) is 11.7. The second-order valence-electron chi connectivity index (χ2n) is 4.16. The van der Waals surface area contributed by atoms with Crippen molar-refractivity contribution in [3.8, 4) is 0 Å². The van der Waals surface area contributed by atoms with Crippen LogP contribution in [-0.4, -0.2) is 17.5 Å². The number of rotatable bonds is 5. The molecule has 2 amide bonds. The van der Waals surface area contributed by atoms with E-state index in [4.69, 9.17) is 0 Å².